The topological polar surface area (TPSA) is 55.8 Å². The predicted molar refractivity (Wildman–Crippen MR) is 80.2 cm³/mol. The number of benzene rings is 1. The van der Waals surface area contributed by atoms with E-state index in [0.717, 1.165) is 38.0 Å². The molecule has 0 N–H and O–H groups in total. The maximum Gasteiger partial charge on any atom is 0.417 e. The van der Waals surface area contributed by atoms with Gasteiger partial charge in [0.05, 0.1) is 0 Å². The number of nitrogens with zero attached hydrogens (tertiary/aromatic N) is 1. The number of amides is 2. The monoisotopic (exact) mass is 303 g/mol. The van der Waals surface area contributed by atoms with E-state index in [1.54, 1.807) is 0 Å². The fourth-order valence-electron chi connectivity index (χ4n) is 3.10. The first-order valence-corrected chi connectivity index (χ1v) is 7.87. The van der Waals surface area contributed by atoms with Crippen molar-refractivity contribution in [1.29, 1.82) is 0 Å². The molecule has 2 fully saturated rings. The maximum atomic E-state index is 12.5. The van der Waals surface area contributed by atoms with Gasteiger partial charge in [0.25, 0.3) is 0 Å². The number of cyclic esters (lactones) is 1. The van der Waals surface area contributed by atoms with Crippen molar-refractivity contribution >= 4 is 12.0 Å². The number of carbonyl (C=O) groups is 2. The molecule has 2 heterocycles. The lowest BCUT2D eigenvalue weighted by molar-refractivity contribution is -0.129. The van der Waals surface area contributed by atoms with Crippen LogP contribution in [0.5, 0.6) is 0 Å². The van der Waals surface area contributed by atoms with Crippen LogP contribution in [0, 0.1) is 5.92 Å². The molecule has 5 nitrogen and oxygen atoms in total. The zero-order valence-corrected chi connectivity index (χ0v) is 12.6. The van der Waals surface area contributed by atoms with Crippen molar-refractivity contribution in [1.82, 2.24) is 4.90 Å². The van der Waals surface area contributed by atoms with Crippen molar-refractivity contribution in [2.45, 2.75) is 31.7 Å². The quantitative estimate of drug-likeness (QED) is 0.858. The van der Waals surface area contributed by atoms with E-state index in [9.17, 15) is 9.59 Å². The van der Waals surface area contributed by atoms with Gasteiger partial charge in [-0.1, -0.05) is 30.3 Å². The SMILES string of the molecule is O=C(CCC1CCOCC1)N1C(=O)OC[C@@H]1c1ccccc1. The van der Waals surface area contributed by atoms with Crippen LogP contribution in [0.1, 0.15) is 37.3 Å². The van der Waals surface area contributed by atoms with Crippen LogP contribution in [-0.4, -0.2) is 36.7 Å². The molecule has 0 aliphatic carbocycles. The summed E-state index contributed by atoms with van der Waals surface area (Å²) in [5, 5.41) is 0. The summed E-state index contributed by atoms with van der Waals surface area (Å²) in [6, 6.07) is 9.27. The van der Waals surface area contributed by atoms with Crippen LogP contribution >= 0.6 is 0 Å². The van der Waals surface area contributed by atoms with Gasteiger partial charge in [-0.3, -0.25) is 4.79 Å². The van der Waals surface area contributed by atoms with Crippen molar-refractivity contribution in [3.05, 3.63) is 35.9 Å². The Morgan fingerprint density at radius 2 is 1.91 bits per heavy atom. The van der Waals surface area contributed by atoms with E-state index in [-0.39, 0.29) is 18.6 Å². The van der Waals surface area contributed by atoms with Crippen LogP contribution in [0.25, 0.3) is 0 Å². The summed E-state index contributed by atoms with van der Waals surface area (Å²) >= 11 is 0. The van der Waals surface area contributed by atoms with E-state index >= 15 is 0 Å². The van der Waals surface area contributed by atoms with E-state index in [1.165, 1.54) is 4.90 Å². The molecule has 0 saturated carbocycles. The highest BCUT2D eigenvalue weighted by Crippen LogP contribution is 2.29. The average molecular weight is 303 g/mol. The third-order valence-electron chi connectivity index (χ3n) is 4.43. The molecule has 0 radical (unpaired) electrons. The maximum absolute atomic E-state index is 12.5. The third kappa shape index (κ3) is 3.30. The minimum Gasteiger partial charge on any atom is -0.446 e. The lowest BCUT2D eigenvalue weighted by atomic mass is 9.94. The second-order valence-corrected chi connectivity index (χ2v) is 5.86. The fraction of sp³-hybridized carbons (Fsp3) is 0.529. The first-order valence-electron chi connectivity index (χ1n) is 7.87. The van der Waals surface area contributed by atoms with Gasteiger partial charge in [0.15, 0.2) is 0 Å². The van der Waals surface area contributed by atoms with Crippen molar-refractivity contribution in [2.75, 3.05) is 19.8 Å². The van der Waals surface area contributed by atoms with Gasteiger partial charge in [0.1, 0.15) is 12.6 Å². The van der Waals surface area contributed by atoms with Crippen LogP contribution in [0.3, 0.4) is 0 Å². The molecule has 1 aromatic carbocycles. The predicted octanol–water partition coefficient (Wildman–Crippen LogP) is 2.91. The van der Waals surface area contributed by atoms with E-state index < -0.39 is 6.09 Å². The molecule has 0 bridgehead atoms. The summed E-state index contributed by atoms with van der Waals surface area (Å²) in [5.41, 5.74) is 0.938. The molecular formula is C17H21NO4. The Kier molecular flexibility index (Phi) is 4.73. The molecule has 0 aromatic heterocycles. The smallest absolute Gasteiger partial charge is 0.417 e. The number of rotatable bonds is 4. The standard InChI is InChI=1S/C17H21NO4/c19-16(7-6-13-8-10-21-11-9-13)18-15(12-22-17(18)20)14-4-2-1-3-5-14/h1-5,13,15H,6-12H2/t15-/m1/s1. The number of hydrogen-bond acceptors (Lipinski definition) is 4. The van der Waals surface area contributed by atoms with Crippen LogP contribution in [0.2, 0.25) is 0 Å². The van der Waals surface area contributed by atoms with Crippen LogP contribution in [-0.2, 0) is 14.3 Å². The molecule has 2 aliphatic rings. The first kappa shape index (κ1) is 15.0. The molecule has 3 rings (SSSR count). The van der Waals surface area contributed by atoms with E-state index in [1.807, 2.05) is 30.3 Å². The van der Waals surface area contributed by atoms with Gasteiger partial charge < -0.3 is 9.47 Å². The zero-order chi connectivity index (χ0) is 15.4. The molecule has 0 unspecified atom stereocenters. The molecule has 1 atom stereocenters. The molecule has 5 heteroatoms. The second kappa shape index (κ2) is 6.92. The average Bonchev–Trinajstić information content (AvgIpc) is 2.96. The van der Waals surface area contributed by atoms with Gasteiger partial charge in [-0.15, -0.1) is 0 Å². The minimum absolute atomic E-state index is 0.136. The summed E-state index contributed by atoms with van der Waals surface area (Å²) in [6.07, 6.45) is 2.68. The van der Waals surface area contributed by atoms with E-state index in [4.69, 9.17) is 9.47 Å². The van der Waals surface area contributed by atoms with Gasteiger partial charge in [-0.25, -0.2) is 9.69 Å². The summed E-state index contributed by atoms with van der Waals surface area (Å²) in [5.74, 6) is 0.384. The molecule has 2 aliphatic heterocycles. The number of ether oxygens (including phenoxy) is 2. The number of hydrogen-bond donors (Lipinski definition) is 0. The van der Waals surface area contributed by atoms with Gasteiger partial charge in [-0.05, 0) is 30.7 Å². The molecular weight excluding hydrogens is 282 g/mol. The normalized spacial score (nSPS) is 22.6. The molecule has 0 spiro atoms. The highest BCUT2D eigenvalue weighted by molar-refractivity contribution is 5.93. The van der Waals surface area contributed by atoms with Crippen LogP contribution < -0.4 is 0 Å². The number of carbonyl (C=O) groups excluding carboxylic acids is 2. The molecule has 118 valence electrons. The third-order valence-corrected chi connectivity index (χ3v) is 4.43. The van der Waals surface area contributed by atoms with Crippen LogP contribution in [0.4, 0.5) is 4.79 Å². The van der Waals surface area contributed by atoms with Crippen molar-refractivity contribution < 1.29 is 19.1 Å². The van der Waals surface area contributed by atoms with Gasteiger partial charge in [0.2, 0.25) is 5.91 Å². The summed E-state index contributed by atoms with van der Waals surface area (Å²) in [6.45, 7) is 1.79. The summed E-state index contributed by atoms with van der Waals surface area (Å²) < 4.78 is 10.4. The first-order chi connectivity index (χ1) is 10.8. The fourth-order valence-corrected chi connectivity index (χ4v) is 3.10. The highest BCUT2D eigenvalue weighted by atomic mass is 16.6. The lowest BCUT2D eigenvalue weighted by Crippen LogP contribution is -2.34. The van der Waals surface area contributed by atoms with Gasteiger partial charge >= 0.3 is 6.09 Å². The minimum atomic E-state index is -0.522. The summed E-state index contributed by atoms with van der Waals surface area (Å²) in [4.78, 5) is 25.7. The van der Waals surface area contributed by atoms with E-state index in [0.29, 0.717) is 12.3 Å². The Hall–Kier alpha value is -1.88. The van der Waals surface area contributed by atoms with Gasteiger partial charge in [0, 0.05) is 19.6 Å². The van der Waals surface area contributed by atoms with E-state index in [2.05, 4.69) is 0 Å². The van der Waals surface area contributed by atoms with Crippen molar-refractivity contribution in [3.63, 3.8) is 0 Å². The Balaban J connectivity index is 1.62. The second-order valence-electron chi connectivity index (χ2n) is 5.86. The lowest BCUT2D eigenvalue weighted by Gasteiger charge is -2.24. The molecule has 1 aromatic rings. The number of imide groups is 1. The Morgan fingerprint density at radius 1 is 1.18 bits per heavy atom. The molecule has 2 amide bonds. The van der Waals surface area contributed by atoms with Gasteiger partial charge in [-0.2, -0.15) is 0 Å². The van der Waals surface area contributed by atoms with Crippen molar-refractivity contribution in [2.24, 2.45) is 5.92 Å². The Morgan fingerprint density at radius 3 is 2.64 bits per heavy atom. The zero-order valence-electron chi connectivity index (χ0n) is 12.6. The summed E-state index contributed by atoms with van der Waals surface area (Å²) in [7, 11) is 0. The van der Waals surface area contributed by atoms with Crippen LogP contribution in [0.15, 0.2) is 30.3 Å². The largest absolute Gasteiger partial charge is 0.446 e. The molecule has 22 heavy (non-hydrogen) atoms. The highest BCUT2D eigenvalue weighted by Gasteiger charge is 2.38. The Bertz CT molecular complexity index is 525. The van der Waals surface area contributed by atoms with Crippen molar-refractivity contribution in [3.8, 4) is 0 Å². The molecule has 2 saturated heterocycles. The Labute approximate surface area is 130 Å².